The second kappa shape index (κ2) is 8.28. The summed E-state index contributed by atoms with van der Waals surface area (Å²) in [5.41, 5.74) is 6.90. The largest absolute Gasteiger partial charge is 0.318 e. The van der Waals surface area contributed by atoms with Crippen LogP contribution in [0.1, 0.15) is 32.9 Å². The van der Waals surface area contributed by atoms with Gasteiger partial charge in [-0.1, -0.05) is 29.8 Å². The summed E-state index contributed by atoms with van der Waals surface area (Å²) in [6.45, 7) is 5.62. The number of carbonyl (C=O) groups excluding carboxylic acids is 1. The highest BCUT2D eigenvalue weighted by Gasteiger charge is 2.16. The molecule has 0 aliphatic rings. The highest BCUT2D eigenvalue weighted by atomic mass is 35.5. The monoisotopic (exact) mass is 410 g/mol. The molecule has 0 bridgehead atoms. The van der Waals surface area contributed by atoms with E-state index in [1.165, 1.54) is 12.1 Å². The van der Waals surface area contributed by atoms with Gasteiger partial charge in [-0.3, -0.25) is 14.9 Å². The fourth-order valence-electron chi connectivity index (χ4n) is 3.14. The van der Waals surface area contributed by atoms with E-state index >= 15 is 0 Å². The normalized spacial score (nSPS) is 11.0. The number of nitrogens with one attached hydrogen (secondary N) is 1. The summed E-state index contributed by atoms with van der Waals surface area (Å²) in [5.74, 6) is -0.290. The van der Waals surface area contributed by atoms with Gasteiger partial charge in [0.15, 0.2) is 0 Å². The van der Waals surface area contributed by atoms with E-state index in [9.17, 15) is 14.9 Å². The molecule has 2 aromatic carbocycles. The van der Waals surface area contributed by atoms with E-state index < -0.39 is 4.92 Å². The molecule has 0 spiro atoms. The van der Waals surface area contributed by atoms with Gasteiger partial charge in [0.05, 0.1) is 16.8 Å². The van der Waals surface area contributed by atoms with Crippen molar-refractivity contribution >= 4 is 29.4 Å². The molecule has 0 saturated carbocycles. The smallest absolute Gasteiger partial charge is 0.289 e. The van der Waals surface area contributed by atoms with Crippen molar-refractivity contribution in [1.29, 1.82) is 0 Å². The van der Waals surface area contributed by atoms with E-state index in [2.05, 4.69) is 10.5 Å². The highest BCUT2D eigenvalue weighted by molar-refractivity contribution is 6.32. The maximum atomic E-state index is 12.3. The average molecular weight is 411 g/mol. The molecule has 8 heteroatoms. The molecule has 7 nitrogen and oxygen atoms in total. The van der Waals surface area contributed by atoms with Gasteiger partial charge in [-0.15, -0.1) is 0 Å². The fourth-order valence-corrected chi connectivity index (χ4v) is 3.33. The van der Waals surface area contributed by atoms with Crippen LogP contribution in [-0.2, 0) is 0 Å². The zero-order valence-corrected chi connectivity index (χ0v) is 16.9. The van der Waals surface area contributed by atoms with Gasteiger partial charge in [0.25, 0.3) is 11.6 Å². The standard InChI is InChI=1S/C21H19ClN4O3/c1-13-6-4-5-7-18(13)21(27)24-23-12-16-10-14(2)25(15(16)3)17-8-9-19(22)20(11-17)26(28)29/h4-12H,1-3H3,(H,24,27)/b23-12+. The number of aromatic nitrogens is 1. The highest BCUT2D eigenvalue weighted by Crippen LogP contribution is 2.29. The molecular formula is C21H19ClN4O3. The van der Waals surface area contributed by atoms with Gasteiger partial charge in [-0.2, -0.15) is 5.10 Å². The third-order valence-electron chi connectivity index (χ3n) is 4.61. The molecule has 0 fully saturated rings. The molecule has 0 unspecified atom stereocenters. The van der Waals surface area contributed by atoms with Crippen molar-refractivity contribution in [3.63, 3.8) is 0 Å². The van der Waals surface area contributed by atoms with Crippen molar-refractivity contribution in [2.75, 3.05) is 0 Å². The lowest BCUT2D eigenvalue weighted by molar-refractivity contribution is -0.384. The minimum Gasteiger partial charge on any atom is -0.318 e. The number of halogens is 1. The van der Waals surface area contributed by atoms with Crippen LogP contribution in [-0.4, -0.2) is 21.6 Å². The van der Waals surface area contributed by atoms with Crippen LogP contribution in [0.5, 0.6) is 0 Å². The average Bonchev–Trinajstić information content (AvgIpc) is 2.96. The number of hydrogen-bond donors (Lipinski definition) is 1. The number of nitro groups is 1. The number of aryl methyl sites for hydroxylation is 2. The Morgan fingerprint density at radius 2 is 1.90 bits per heavy atom. The Morgan fingerprint density at radius 1 is 1.17 bits per heavy atom. The predicted molar refractivity (Wildman–Crippen MR) is 113 cm³/mol. The maximum Gasteiger partial charge on any atom is 0.289 e. The molecule has 148 valence electrons. The summed E-state index contributed by atoms with van der Waals surface area (Å²) in [7, 11) is 0. The summed E-state index contributed by atoms with van der Waals surface area (Å²) in [6, 6.07) is 13.8. The van der Waals surface area contributed by atoms with E-state index in [-0.39, 0.29) is 16.6 Å². The topological polar surface area (TPSA) is 89.5 Å². The van der Waals surface area contributed by atoms with Gasteiger partial charge in [0.2, 0.25) is 0 Å². The molecule has 29 heavy (non-hydrogen) atoms. The van der Waals surface area contributed by atoms with Gasteiger partial charge in [-0.25, -0.2) is 5.43 Å². The number of hydrogen-bond acceptors (Lipinski definition) is 4. The number of benzene rings is 2. The molecule has 1 heterocycles. The van der Waals surface area contributed by atoms with E-state index in [4.69, 9.17) is 11.6 Å². The van der Waals surface area contributed by atoms with Gasteiger partial charge in [0.1, 0.15) is 5.02 Å². The molecule has 3 rings (SSSR count). The molecule has 0 saturated heterocycles. The number of carbonyl (C=O) groups is 1. The van der Waals surface area contributed by atoms with Gasteiger partial charge in [-0.05, 0) is 50.6 Å². The van der Waals surface area contributed by atoms with Crippen LogP contribution in [0.4, 0.5) is 5.69 Å². The lowest BCUT2D eigenvalue weighted by Gasteiger charge is -2.10. The molecule has 0 aliphatic heterocycles. The molecule has 3 aromatic rings. The Balaban J connectivity index is 1.86. The number of amides is 1. The number of nitrogens with zero attached hydrogens (tertiary/aromatic N) is 3. The second-order valence-electron chi connectivity index (χ2n) is 6.57. The van der Waals surface area contributed by atoms with Crippen molar-refractivity contribution in [2.24, 2.45) is 5.10 Å². The maximum absolute atomic E-state index is 12.3. The van der Waals surface area contributed by atoms with Crippen LogP contribution in [0.2, 0.25) is 5.02 Å². The molecule has 1 amide bonds. The van der Waals surface area contributed by atoms with Crippen molar-refractivity contribution in [3.8, 4) is 5.69 Å². The van der Waals surface area contributed by atoms with Crippen LogP contribution in [0, 0.1) is 30.9 Å². The first-order chi connectivity index (χ1) is 13.8. The predicted octanol–water partition coefficient (Wildman–Crippen LogP) is 4.73. The lowest BCUT2D eigenvalue weighted by atomic mass is 10.1. The summed E-state index contributed by atoms with van der Waals surface area (Å²) in [6.07, 6.45) is 1.55. The second-order valence-corrected chi connectivity index (χ2v) is 6.98. The van der Waals surface area contributed by atoms with Crippen LogP contribution in [0.25, 0.3) is 5.69 Å². The molecule has 1 aromatic heterocycles. The van der Waals surface area contributed by atoms with Crippen LogP contribution < -0.4 is 5.43 Å². The number of nitro benzene ring substituents is 1. The van der Waals surface area contributed by atoms with Crippen LogP contribution >= 0.6 is 11.6 Å². The quantitative estimate of drug-likeness (QED) is 0.374. The summed E-state index contributed by atoms with van der Waals surface area (Å²) < 4.78 is 1.87. The minimum atomic E-state index is -0.510. The van der Waals surface area contributed by atoms with Crippen molar-refractivity contribution in [3.05, 3.63) is 91.7 Å². The Bertz CT molecular complexity index is 1130. The molecule has 0 atom stereocenters. The van der Waals surface area contributed by atoms with E-state index in [1.54, 1.807) is 24.4 Å². The SMILES string of the molecule is Cc1ccccc1C(=O)N/N=C/c1cc(C)n(-c2ccc(Cl)c([N+](=O)[O-])c2)c1C. The fraction of sp³-hybridized carbons (Fsp3) is 0.143. The minimum absolute atomic E-state index is 0.0851. The van der Waals surface area contributed by atoms with E-state index in [1.807, 2.05) is 43.5 Å². The third-order valence-corrected chi connectivity index (χ3v) is 4.93. The third kappa shape index (κ3) is 4.20. The lowest BCUT2D eigenvalue weighted by Crippen LogP contribution is -2.18. The molecular weight excluding hydrogens is 392 g/mol. The van der Waals surface area contributed by atoms with Crippen LogP contribution in [0.3, 0.4) is 0 Å². The molecule has 1 N–H and O–H groups in total. The van der Waals surface area contributed by atoms with Crippen molar-refractivity contribution in [2.45, 2.75) is 20.8 Å². The van der Waals surface area contributed by atoms with Crippen molar-refractivity contribution in [1.82, 2.24) is 9.99 Å². The van der Waals surface area contributed by atoms with E-state index in [0.717, 1.165) is 22.5 Å². The first-order valence-corrected chi connectivity index (χ1v) is 9.19. The Hall–Kier alpha value is -3.45. The zero-order valence-electron chi connectivity index (χ0n) is 16.1. The van der Waals surface area contributed by atoms with E-state index in [0.29, 0.717) is 11.3 Å². The van der Waals surface area contributed by atoms with Gasteiger partial charge >= 0.3 is 0 Å². The number of hydrazone groups is 1. The van der Waals surface area contributed by atoms with Crippen LogP contribution in [0.15, 0.2) is 53.6 Å². The first-order valence-electron chi connectivity index (χ1n) is 8.82. The Morgan fingerprint density at radius 3 is 2.59 bits per heavy atom. The Kier molecular flexibility index (Phi) is 5.79. The van der Waals surface area contributed by atoms with Gasteiger partial charge < -0.3 is 4.57 Å². The zero-order chi connectivity index (χ0) is 21.1. The van der Waals surface area contributed by atoms with Crippen molar-refractivity contribution < 1.29 is 9.72 Å². The Labute approximate surface area is 172 Å². The molecule has 0 radical (unpaired) electrons. The summed E-state index contributed by atoms with van der Waals surface area (Å²) >= 11 is 5.91. The first kappa shape index (κ1) is 20.3. The summed E-state index contributed by atoms with van der Waals surface area (Å²) in [5, 5.41) is 15.3. The summed E-state index contributed by atoms with van der Waals surface area (Å²) in [4.78, 5) is 22.9. The van der Waals surface area contributed by atoms with Gasteiger partial charge in [0, 0.05) is 28.6 Å². The number of rotatable bonds is 5. The molecule has 0 aliphatic carbocycles.